The predicted molar refractivity (Wildman–Crippen MR) is 45.9 cm³/mol. The van der Waals surface area contributed by atoms with Crippen molar-refractivity contribution in [2.24, 2.45) is 10.2 Å². The summed E-state index contributed by atoms with van der Waals surface area (Å²) >= 11 is 12.1. The molecule has 1 heterocycles. The maximum absolute atomic E-state index is 5.63. The standard InChI is InChI=1S/C5H4Cl2N2S/c6-4-2-1-3(10-4)5(8)9-7/h1-2H,(H2,8,9). The molecule has 0 aliphatic heterocycles. The van der Waals surface area contributed by atoms with E-state index >= 15 is 0 Å². The van der Waals surface area contributed by atoms with Crippen LogP contribution in [0.3, 0.4) is 0 Å². The first kappa shape index (κ1) is 7.85. The Bertz CT molecular complexity index is 256. The Kier molecular flexibility index (Phi) is 2.54. The van der Waals surface area contributed by atoms with Crippen LogP contribution in [0.5, 0.6) is 0 Å². The van der Waals surface area contributed by atoms with E-state index < -0.39 is 0 Å². The third-order valence-electron chi connectivity index (χ3n) is 0.917. The van der Waals surface area contributed by atoms with Gasteiger partial charge in [-0.3, -0.25) is 0 Å². The Labute approximate surface area is 72.4 Å². The summed E-state index contributed by atoms with van der Waals surface area (Å²) < 4.78 is 3.97. The molecule has 0 saturated heterocycles. The van der Waals surface area contributed by atoms with Gasteiger partial charge in [0.1, 0.15) is 0 Å². The summed E-state index contributed by atoms with van der Waals surface area (Å²) in [6, 6.07) is 3.52. The summed E-state index contributed by atoms with van der Waals surface area (Å²) in [7, 11) is 0. The van der Waals surface area contributed by atoms with E-state index in [4.69, 9.17) is 29.1 Å². The third-order valence-corrected chi connectivity index (χ3v) is 2.35. The van der Waals surface area contributed by atoms with E-state index in [1.165, 1.54) is 11.3 Å². The highest BCUT2D eigenvalue weighted by Gasteiger charge is 2.00. The second-order valence-electron chi connectivity index (χ2n) is 1.57. The quantitative estimate of drug-likeness (QED) is 0.541. The van der Waals surface area contributed by atoms with E-state index in [2.05, 4.69) is 4.51 Å². The zero-order chi connectivity index (χ0) is 7.56. The maximum atomic E-state index is 5.63. The van der Waals surface area contributed by atoms with Crippen LogP contribution in [0.25, 0.3) is 0 Å². The van der Waals surface area contributed by atoms with E-state index in [1.54, 1.807) is 12.1 Å². The molecule has 0 saturated carbocycles. The molecule has 1 aromatic heterocycles. The normalized spacial score (nSPS) is 12.0. The molecular weight excluding hydrogens is 191 g/mol. The minimum Gasteiger partial charge on any atom is -0.382 e. The van der Waals surface area contributed by atoms with Crippen molar-refractivity contribution in [3.05, 3.63) is 21.3 Å². The largest absolute Gasteiger partial charge is 0.382 e. The predicted octanol–water partition coefficient (Wildman–Crippen LogP) is 2.26. The number of halogens is 2. The number of amidine groups is 1. The Morgan fingerprint density at radius 3 is 2.70 bits per heavy atom. The molecule has 0 aliphatic rings. The fourth-order valence-corrected chi connectivity index (χ4v) is 1.58. The topological polar surface area (TPSA) is 38.4 Å². The summed E-state index contributed by atoms with van der Waals surface area (Å²) in [4.78, 5) is 0.792. The smallest absolute Gasteiger partial charge is 0.155 e. The lowest BCUT2D eigenvalue weighted by Crippen LogP contribution is -2.09. The molecule has 5 heteroatoms. The van der Waals surface area contributed by atoms with Gasteiger partial charge < -0.3 is 5.73 Å². The second-order valence-corrected chi connectivity index (χ2v) is 3.46. The maximum Gasteiger partial charge on any atom is 0.155 e. The van der Waals surface area contributed by atoms with E-state index in [0.717, 1.165) is 4.88 Å². The first-order valence-electron chi connectivity index (χ1n) is 2.44. The van der Waals surface area contributed by atoms with Crippen molar-refractivity contribution in [3.8, 4) is 0 Å². The van der Waals surface area contributed by atoms with Gasteiger partial charge in [0.15, 0.2) is 5.84 Å². The molecule has 1 rings (SSSR count). The van der Waals surface area contributed by atoms with E-state index in [1.807, 2.05) is 0 Å². The van der Waals surface area contributed by atoms with Gasteiger partial charge >= 0.3 is 0 Å². The van der Waals surface area contributed by atoms with E-state index in [9.17, 15) is 0 Å². The van der Waals surface area contributed by atoms with Crippen LogP contribution in [0.2, 0.25) is 4.34 Å². The Morgan fingerprint density at radius 1 is 1.60 bits per heavy atom. The average Bonchev–Trinajstić information content (AvgIpc) is 2.34. The fourth-order valence-electron chi connectivity index (χ4n) is 0.494. The summed E-state index contributed by atoms with van der Waals surface area (Å²) in [5.74, 6) is 0.304. The van der Waals surface area contributed by atoms with Gasteiger partial charge in [0.25, 0.3) is 0 Å². The van der Waals surface area contributed by atoms with Crippen molar-refractivity contribution >= 4 is 40.6 Å². The minimum absolute atomic E-state index is 0.304. The molecule has 0 atom stereocenters. The van der Waals surface area contributed by atoms with Crippen molar-refractivity contribution in [1.82, 2.24) is 0 Å². The highest BCUT2D eigenvalue weighted by molar-refractivity contribution is 7.18. The Morgan fingerprint density at radius 2 is 2.30 bits per heavy atom. The van der Waals surface area contributed by atoms with Gasteiger partial charge in [-0.05, 0) is 12.1 Å². The lowest BCUT2D eigenvalue weighted by molar-refractivity contribution is 1.65. The van der Waals surface area contributed by atoms with Crippen LogP contribution in [0.15, 0.2) is 16.6 Å². The van der Waals surface area contributed by atoms with Crippen LogP contribution >= 0.6 is 34.7 Å². The first-order valence-corrected chi connectivity index (χ1v) is 3.97. The summed E-state index contributed by atoms with van der Waals surface area (Å²) in [6.45, 7) is 0. The number of hydrogen-bond donors (Lipinski definition) is 1. The van der Waals surface area contributed by atoms with Crippen molar-refractivity contribution in [2.75, 3.05) is 0 Å². The van der Waals surface area contributed by atoms with Gasteiger partial charge in [0.05, 0.1) is 9.21 Å². The van der Waals surface area contributed by atoms with Gasteiger partial charge in [0.2, 0.25) is 0 Å². The van der Waals surface area contributed by atoms with Crippen LogP contribution in [0, 0.1) is 0 Å². The summed E-state index contributed by atoms with van der Waals surface area (Å²) in [6.07, 6.45) is 0. The highest BCUT2D eigenvalue weighted by Crippen LogP contribution is 2.20. The molecule has 0 aromatic carbocycles. The third kappa shape index (κ3) is 1.62. The van der Waals surface area contributed by atoms with Crippen LogP contribution in [-0.4, -0.2) is 5.84 Å². The monoisotopic (exact) mass is 194 g/mol. The van der Waals surface area contributed by atoms with Gasteiger partial charge in [-0.1, -0.05) is 11.6 Å². The minimum atomic E-state index is 0.304. The number of nitrogens with zero attached hydrogens (tertiary/aromatic N) is 1. The van der Waals surface area contributed by atoms with Crippen molar-refractivity contribution in [1.29, 1.82) is 0 Å². The Hall–Kier alpha value is -0.250. The molecular formula is C5H4Cl2N2S. The molecule has 2 nitrogen and oxygen atoms in total. The zero-order valence-electron chi connectivity index (χ0n) is 4.84. The number of thiophene rings is 1. The number of nitrogens with two attached hydrogens (primary N) is 1. The molecule has 0 bridgehead atoms. The molecule has 0 spiro atoms. The highest BCUT2D eigenvalue weighted by atomic mass is 35.5. The van der Waals surface area contributed by atoms with Crippen molar-refractivity contribution in [3.63, 3.8) is 0 Å². The summed E-state index contributed by atoms with van der Waals surface area (Å²) in [5.41, 5.74) is 5.38. The molecule has 54 valence electrons. The van der Waals surface area contributed by atoms with Crippen LogP contribution < -0.4 is 5.73 Å². The van der Waals surface area contributed by atoms with Gasteiger partial charge in [-0.2, -0.15) is 4.51 Å². The molecule has 0 amide bonds. The lowest BCUT2D eigenvalue weighted by atomic mass is 10.4. The molecule has 0 aliphatic carbocycles. The van der Waals surface area contributed by atoms with Gasteiger partial charge in [0, 0.05) is 11.8 Å². The SMILES string of the molecule is N/C(=N\Cl)c1ccc(Cl)s1. The summed E-state index contributed by atoms with van der Waals surface area (Å²) in [5, 5.41) is 0. The first-order chi connectivity index (χ1) is 4.74. The molecule has 0 fully saturated rings. The molecule has 0 unspecified atom stereocenters. The van der Waals surface area contributed by atoms with Crippen LogP contribution in [0.1, 0.15) is 4.88 Å². The zero-order valence-corrected chi connectivity index (χ0v) is 7.17. The molecule has 1 aromatic rings. The van der Waals surface area contributed by atoms with Gasteiger partial charge in [-0.25, -0.2) is 0 Å². The van der Waals surface area contributed by atoms with Crippen LogP contribution in [0.4, 0.5) is 0 Å². The molecule has 2 N–H and O–H groups in total. The Balaban J connectivity index is 2.95. The molecule has 10 heavy (non-hydrogen) atoms. The number of rotatable bonds is 1. The van der Waals surface area contributed by atoms with E-state index in [0.29, 0.717) is 10.2 Å². The van der Waals surface area contributed by atoms with E-state index in [-0.39, 0.29) is 0 Å². The fraction of sp³-hybridized carbons (Fsp3) is 0. The second kappa shape index (κ2) is 3.23. The van der Waals surface area contributed by atoms with Crippen molar-refractivity contribution in [2.45, 2.75) is 0 Å². The van der Waals surface area contributed by atoms with Crippen molar-refractivity contribution < 1.29 is 0 Å². The molecule has 0 radical (unpaired) electrons. The number of hydrogen-bond acceptors (Lipinski definition) is 2. The van der Waals surface area contributed by atoms with Gasteiger partial charge in [-0.15, -0.1) is 11.3 Å². The van der Waals surface area contributed by atoms with Crippen LogP contribution in [-0.2, 0) is 0 Å². The lowest BCUT2D eigenvalue weighted by Gasteiger charge is -1.87. The average molecular weight is 195 g/mol.